The highest BCUT2D eigenvalue weighted by Crippen LogP contribution is 2.28. The van der Waals surface area contributed by atoms with Gasteiger partial charge in [-0.25, -0.2) is 4.98 Å². The van der Waals surface area contributed by atoms with Crippen molar-refractivity contribution in [2.45, 2.75) is 51.0 Å². The summed E-state index contributed by atoms with van der Waals surface area (Å²) in [6.07, 6.45) is 8.48. The fourth-order valence-electron chi connectivity index (χ4n) is 2.98. The number of nitrogens with zero attached hydrogens (tertiary/aromatic N) is 1. The lowest BCUT2D eigenvalue weighted by Crippen LogP contribution is -2.36. The van der Waals surface area contributed by atoms with Crippen LogP contribution < -0.4 is 5.32 Å². The maximum atomic E-state index is 12.0. The van der Waals surface area contributed by atoms with E-state index < -0.39 is 0 Å². The van der Waals surface area contributed by atoms with E-state index in [1.165, 1.54) is 19.3 Å². The zero-order valence-electron chi connectivity index (χ0n) is 13.1. The molecule has 0 spiro atoms. The maximum absolute atomic E-state index is 12.0. The van der Waals surface area contributed by atoms with Crippen molar-refractivity contribution >= 4 is 17.5 Å². The molecule has 0 unspecified atom stereocenters. The first kappa shape index (κ1) is 16.1. The molecule has 1 amide bonds. The molecule has 0 aliphatic heterocycles. The highest BCUT2D eigenvalue weighted by molar-refractivity contribution is 6.33. The van der Waals surface area contributed by atoms with Crippen molar-refractivity contribution in [1.82, 2.24) is 10.3 Å². The van der Waals surface area contributed by atoms with Gasteiger partial charge in [0.2, 0.25) is 5.91 Å². The molecule has 0 atom stereocenters. The number of carbonyl (C=O) groups excluding carboxylic acids is 1. The van der Waals surface area contributed by atoms with E-state index in [2.05, 4.69) is 10.3 Å². The fourth-order valence-corrected chi connectivity index (χ4v) is 3.21. The van der Waals surface area contributed by atoms with Gasteiger partial charge in [0.05, 0.1) is 11.2 Å². The molecule has 23 heavy (non-hydrogen) atoms. The Bertz CT molecular complexity index is 663. The second kappa shape index (κ2) is 7.64. The third-order valence-corrected chi connectivity index (χ3v) is 4.56. The number of rotatable bonds is 5. The predicted octanol–water partition coefficient (Wildman–Crippen LogP) is 4.38. The Hall–Kier alpha value is -1.81. The standard InChI is InChI=1S/C18H21ClN2O2/c19-15-9-5-4-8-14(15)16-12-20-18(23-16)11-10-17(22)21-13-6-2-1-3-7-13/h4-5,8-9,12-13H,1-3,6-7,10-11H2,(H,21,22). The van der Waals surface area contributed by atoms with Gasteiger partial charge in [-0.3, -0.25) is 4.79 Å². The van der Waals surface area contributed by atoms with Crippen LogP contribution in [0.4, 0.5) is 0 Å². The molecule has 1 heterocycles. The van der Waals surface area contributed by atoms with Crippen LogP contribution >= 0.6 is 11.6 Å². The monoisotopic (exact) mass is 332 g/mol. The number of oxazole rings is 1. The summed E-state index contributed by atoms with van der Waals surface area (Å²) in [5.41, 5.74) is 0.819. The van der Waals surface area contributed by atoms with E-state index in [0.29, 0.717) is 35.6 Å². The van der Waals surface area contributed by atoms with E-state index in [-0.39, 0.29) is 5.91 Å². The molecule has 0 bridgehead atoms. The predicted molar refractivity (Wildman–Crippen MR) is 90.3 cm³/mol. The van der Waals surface area contributed by atoms with Gasteiger partial charge in [-0.15, -0.1) is 0 Å². The first-order valence-electron chi connectivity index (χ1n) is 8.21. The minimum absolute atomic E-state index is 0.0781. The molecule has 4 nitrogen and oxygen atoms in total. The van der Waals surface area contributed by atoms with Crippen molar-refractivity contribution in [3.63, 3.8) is 0 Å². The molecule has 1 aliphatic rings. The number of benzene rings is 1. The largest absolute Gasteiger partial charge is 0.441 e. The number of hydrogen-bond donors (Lipinski definition) is 1. The molecule has 1 N–H and O–H groups in total. The smallest absolute Gasteiger partial charge is 0.220 e. The SMILES string of the molecule is O=C(CCc1ncc(-c2ccccc2Cl)o1)NC1CCCCC1. The van der Waals surface area contributed by atoms with E-state index >= 15 is 0 Å². The van der Waals surface area contributed by atoms with Crippen molar-refractivity contribution in [1.29, 1.82) is 0 Å². The van der Waals surface area contributed by atoms with Crippen LogP contribution in [0.25, 0.3) is 11.3 Å². The fraction of sp³-hybridized carbons (Fsp3) is 0.444. The Morgan fingerprint density at radius 1 is 1.26 bits per heavy atom. The van der Waals surface area contributed by atoms with E-state index in [1.807, 2.05) is 24.3 Å². The molecule has 1 aromatic heterocycles. The van der Waals surface area contributed by atoms with Gasteiger partial charge in [0, 0.05) is 24.4 Å². The molecular weight excluding hydrogens is 312 g/mol. The Morgan fingerprint density at radius 2 is 2.04 bits per heavy atom. The maximum Gasteiger partial charge on any atom is 0.220 e. The summed E-state index contributed by atoms with van der Waals surface area (Å²) in [6.45, 7) is 0. The summed E-state index contributed by atoms with van der Waals surface area (Å²) >= 11 is 6.15. The zero-order chi connectivity index (χ0) is 16.1. The minimum Gasteiger partial charge on any atom is -0.441 e. The van der Waals surface area contributed by atoms with Gasteiger partial charge in [0.25, 0.3) is 0 Å². The number of nitrogens with one attached hydrogen (secondary N) is 1. The van der Waals surface area contributed by atoms with Crippen LogP contribution in [-0.2, 0) is 11.2 Å². The first-order chi connectivity index (χ1) is 11.2. The number of amides is 1. The lowest BCUT2D eigenvalue weighted by atomic mass is 9.95. The Balaban J connectivity index is 1.53. The Kier molecular flexibility index (Phi) is 5.34. The lowest BCUT2D eigenvalue weighted by molar-refractivity contribution is -0.122. The van der Waals surface area contributed by atoms with Crippen LogP contribution in [0.2, 0.25) is 5.02 Å². The van der Waals surface area contributed by atoms with Gasteiger partial charge in [-0.1, -0.05) is 43.0 Å². The number of aryl methyl sites for hydroxylation is 1. The van der Waals surface area contributed by atoms with E-state index in [1.54, 1.807) is 6.20 Å². The van der Waals surface area contributed by atoms with Gasteiger partial charge >= 0.3 is 0 Å². The molecule has 1 fully saturated rings. The van der Waals surface area contributed by atoms with Crippen LogP contribution in [-0.4, -0.2) is 16.9 Å². The van der Waals surface area contributed by atoms with E-state index in [0.717, 1.165) is 18.4 Å². The zero-order valence-corrected chi connectivity index (χ0v) is 13.8. The van der Waals surface area contributed by atoms with E-state index in [4.69, 9.17) is 16.0 Å². The van der Waals surface area contributed by atoms with Crippen molar-refractivity contribution in [2.24, 2.45) is 0 Å². The van der Waals surface area contributed by atoms with Crippen molar-refractivity contribution in [3.8, 4) is 11.3 Å². The van der Waals surface area contributed by atoms with Gasteiger partial charge in [0.1, 0.15) is 0 Å². The highest BCUT2D eigenvalue weighted by Gasteiger charge is 2.16. The molecular formula is C18H21ClN2O2. The Labute approximate surface area is 141 Å². The summed E-state index contributed by atoms with van der Waals surface area (Å²) in [7, 11) is 0. The lowest BCUT2D eigenvalue weighted by Gasteiger charge is -2.22. The number of aromatic nitrogens is 1. The van der Waals surface area contributed by atoms with Gasteiger partial charge in [-0.05, 0) is 25.0 Å². The quantitative estimate of drug-likeness (QED) is 0.884. The first-order valence-corrected chi connectivity index (χ1v) is 8.59. The summed E-state index contributed by atoms with van der Waals surface area (Å²) in [6, 6.07) is 7.83. The molecule has 0 radical (unpaired) electrons. The van der Waals surface area contributed by atoms with E-state index in [9.17, 15) is 4.79 Å². The summed E-state index contributed by atoms with van der Waals surface area (Å²) in [5.74, 6) is 1.28. The van der Waals surface area contributed by atoms with Crippen LogP contribution in [0.3, 0.4) is 0 Å². The third kappa shape index (κ3) is 4.35. The van der Waals surface area contributed by atoms with Crippen LogP contribution in [0.1, 0.15) is 44.4 Å². The van der Waals surface area contributed by atoms with Crippen molar-refractivity contribution in [2.75, 3.05) is 0 Å². The minimum atomic E-state index is 0.0781. The molecule has 2 aromatic rings. The van der Waals surface area contributed by atoms with Crippen LogP contribution in [0.5, 0.6) is 0 Å². The molecule has 1 aliphatic carbocycles. The molecule has 5 heteroatoms. The summed E-state index contributed by atoms with van der Waals surface area (Å²) in [5, 5.41) is 3.74. The topological polar surface area (TPSA) is 55.1 Å². The van der Waals surface area contributed by atoms with Crippen LogP contribution in [0.15, 0.2) is 34.9 Å². The summed E-state index contributed by atoms with van der Waals surface area (Å²) < 4.78 is 5.72. The Morgan fingerprint density at radius 3 is 2.83 bits per heavy atom. The van der Waals surface area contributed by atoms with Gasteiger partial charge < -0.3 is 9.73 Å². The molecule has 122 valence electrons. The average Bonchev–Trinajstić information content (AvgIpc) is 3.03. The van der Waals surface area contributed by atoms with Crippen molar-refractivity contribution in [3.05, 3.63) is 41.4 Å². The van der Waals surface area contributed by atoms with Crippen molar-refractivity contribution < 1.29 is 9.21 Å². The molecule has 0 saturated heterocycles. The van der Waals surface area contributed by atoms with Gasteiger partial charge in [0.15, 0.2) is 11.7 Å². The summed E-state index contributed by atoms with van der Waals surface area (Å²) in [4.78, 5) is 16.3. The molecule has 1 aromatic carbocycles. The second-order valence-electron chi connectivity index (χ2n) is 6.00. The average molecular weight is 333 g/mol. The number of halogens is 1. The number of hydrogen-bond acceptors (Lipinski definition) is 3. The second-order valence-corrected chi connectivity index (χ2v) is 6.41. The molecule has 3 rings (SSSR count). The third-order valence-electron chi connectivity index (χ3n) is 4.23. The van der Waals surface area contributed by atoms with Gasteiger partial charge in [-0.2, -0.15) is 0 Å². The number of carbonyl (C=O) groups is 1. The van der Waals surface area contributed by atoms with Crippen LogP contribution in [0, 0.1) is 0 Å². The highest BCUT2D eigenvalue weighted by atomic mass is 35.5. The normalized spacial score (nSPS) is 15.5. The molecule has 1 saturated carbocycles.